The van der Waals surface area contributed by atoms with E-state index in [1.54, 1.807) is 0 Å². The molecule has 0 saturated carbocycles. The minimum atomic E-state index is -1.74. The van der Waals surface area contributed by atoms with Gasteiger partial charge >= 0.3 is 12.3 Å². The van der Waals surface area contributed by atoms with E-state index < -0.39 is 12.3 Å². The Kier molecular flexibility index (Phi) is 9.03. The number of hydrogen-bond donors (Lipinski definition) is 1. The number of ether oxygens (including phenoxy) is 1. The van der Waals surface area contributed by atoms with E-state index in [0.717, 1.165) is 25.7 Å². The summed E-state index contributed by atoms with van der Waals surface area (Å²) in [6, 6.07) is 0. The van der Waals surface area contributed by atoms with Crippen LogP contribution in [0.3, 0.4) is 0 Å². The number of carbonyl (C=O) groups is 2. The largest absolute Gasteiger partial charge is 0.542 e. The van der Waals surface area contributed by atoms with Crippen molar-refractivity contribution in [3.05, 3.63) is 0 Å². The van der Waals surface area contributed by atoms with Crippen molar-refractivity contribution in [3.8, 4) is 0 Å². The Morgan fingerprint density at radius 3 is 2.38 bits per heavy atom. The quantitative estimate of drug-likeness (QED) is 0.297. The van der Waals surface area contributed by atoms with Gasteiger partial charge in [0.15, 0.2) is 0 Å². The van der Waals surface area contributed by atoms with Gasteiger partial charge in [-0.2, -0.15) is 0 Å². The Morgan fingerprint density at radius 2 is 1.75 bits per heavy atom. The third-order valence-corrected chi connectivity index (χ3v) is 1.45. The molecule has 0 saturated heterocycles. The summed E-state index contributed by atoms with van der Waals surface area (Å²) in [5, 5.41) is 15.0. The summed E-state index contributed by atoms with van der Waals surface area (Å²) in [5.74, 6) is 0. The molecule has 8 heteroatoms. The number of rotatable bonds is 8. The molecule has 0 rings (SSSR count). The first-order valence-corrected chi connectivity index (χ1v) is 4.74. The van der Waals surface area contributed by atoms with Gasteiger partial charge in [0.1, 0.15) is 0 Å². The number of carboxylic acid groups (broad SMARTS) is 1. The molecule has 1 N–H and O–H groups in total. The second kappa shape index (κ2) is 9.99. The van der Waals surface area contributed by atoms with Crippen molar-refractivity contribution < 1.29 is 39.3 Å². The molecule has 0 aromatic carbocycles. The van der Waals surface area contributed by atoms with Crippen LogP contribution in [-0.2, 0) is 24.6 Å². The van der Waals surface area contributed by atoms with E-state index in [1.807, 2.05) is 0 Å². The molecule has 0 bridgehead atoms. The van der Waals surface area contributed by atoms with E-state index >= 15 is 0 Å². The molecule has 0 aliphatic rings. The molecule has 0 atom stereocenters. The Balaban J connectivity index is 3.21. The van der Waals surface area contributed by atoms with E-state index in [2.05, 4.69) is 31.5 Å². The zero-order chi connectivity index (χ0) is 12.2. The standard InChI is InChI=1S/C8H14O8/c1-2-3-4-5-6-12-8(11)14-16-15-13-7(9)10/h2-6H2,1H3,(H,9,10). The van der Waals surface area contributed by atoms with Crippen LogP contribution in [0.15, 0.2) is 0 Å². The average molecular weight is 238 g/mol. The molecule has 0 aliphatic heterocycles. The van der Waals surface area contributed by atoms with Crippen molar-refractivity contribution in [2.45, 2.75) is 32.6 Å². The normalized spacial score (nSPS) is 9.56. The molecule has 0 aliphatic carbocycles. The van der Waals surface area contributed by atoms with Crippen molar-refractivity contribution in [2.24, 2.45) is 0 Å². The zero-order valence-electron chi connectivity index (χ0n) is 8.84. The second-order valence-electron chi connectivity index (χ2n) is 2.73. The molecule has 8 nitrogen and oxygen atoms in total. The van der Waals surface area contributed by atoms with Crippen molar-refractivity contribution in [1.82, 2.24) is 0 Å². The van der Waals surface area contributed by atoms with Crippen molar-refractivity contribution in [1.29, 1.82) is 0 Å². The molecule has 0 fully saturated rings. The molecule has 16 heavy (non-hydrogen) atoms. The van der Waals surface area contributed by atoms with Crippen LogP contribution in [0.1, 0.15) is 32.6 Å². The average Bonchev–Trinajstić information content (AvgIpc) is 2.24. The maximum absolute atomic E-state index is 10.7. The summed E-state index contributed by atoms with van der Waals surface area (Å²) >= 11 is 0. The Labute approximate surface area is 91.8 Å². The lowest BCUT2D eigenvalue weighted by Gasteiger charge is -2.02. The highest BCUT2D eigenvalue weighted by molar-refractivity contribution is 5.58. The first-order valence-electron chi connectivity index (χ1n) is 4.74. The van der Waals surface area contributed by atoms with Gasteiger partial charge in [-0.1, -0.05) is 26.2 Å². The summed E-state index contributed by atoms with van der Waals surface area (Å²) in [7, 11) is 0. The Hall–Kier alpha value is -1.54. The van der Waals surface area contributed by atoms with Crippen molar-refractivity contribution in [3.63, 3.8) is 0 Å². The van der Waals surface area contributed by atoms with Gasteiger partial charge in [-0.25, -0.2) is 19.4 Å². The maximum atomic E-state index is 10.7. The van der Waals surface area contributed by atoms with Crippen LogP contribution in [-0.4, -0.2) is 24.0 Å². The minimum absolute atomic E-state index is 0.196. The fraction of sp³-hybridized carbons (Fsp3) is 0.750. The highest BCUT2D eigenvalue weighted by atomic mass is 17.7. The first-order chi connectivity index (χ1) is 7.66. The van der Waals surface area contributed by atoms with Crippen LogP contribution in [0.2, 0.25) is 0 Å². The molecule has 0 aromatic rings. The third kappa shape index (κ3) is 10.5. The van der Waals surface area contributed by atoms with E-state index in [0.29, 0.717) is 0 Å². The van der Waals surface area contributed by atoms with Gasteiger partial charge in [-0.05, 0) is 6.42 Å². The highest BCUT2D eigenvalue weighted by Gasteiger charge is 2.07. The predicted molar refractivity (Wildman–Crippen MR) is 47.9 cm³/mol. The van der Waals surface area contributed by atoms with Crippen LogP contribution in [0, 0.1) is 0 Å². The maximum Gasteiger partial charge on any atom is 0.542 e. The molecule has 0 amide bonds. The van der Waals surface area contributed by atoms with Gasteiger partial charge in [-0.3, -0.25) is 0 Å². The summed E-state index contributed by atoms with van der Waals surface area (Å²) in [6.45, 7) is 2.25. The van der Waals surface area contributed by atoms with E-state index in [1.165, 1.54) is 0 Å². The number of carbonyl (C=O) groups excluding carboxylic acids is 1. The van der Waals surface area contributed by atoms with Gasteiger partial charge in [0.2, 0.25) is 0 Å². The molecule has 0 radical (unpaired) electrons. The van der Waals surface area contributed by atoms with Crippen molar-refractivity contribution >= 4 is 12.3 Å². The van der Waals surface area contributed by atoms with Gasteiger partial charge in [0.05, 0.1) is 6.61 Å². The molecule has 0 unspecified atom stereocenters. The van der Waals surface area contributed by atoms with E-state index in [-0.39, 0.29) is 6.61 Å². The van der Waals surface area contributed by atoms with Gasteiger partial charge in [0, 0.05) is 10.1 Å². The van der Waals surface area contributed by atoms with Gasteiger partial charge in [0.25, 0.3) is 0 Å². The number of hydrogen-bond acceptors (Lipinski definition) is 7. The molecule has 94 valence electrons. The smallest absolute Gasteiger partial charge is 0.448 e. The number of unbranched alkanes of at least 4 members (excludes halogenated alkanes) is 3. The Bertz CT molecular complexity index is 204. The zero-order valence-corrected chi connectivity index (χ0v) is 8.84. The molecular weight excluding hydrogens is 224 g/mol. The van der Waals surface area contributed by atoms with E-state index in [4.69, 9.17) is 5.11 Å². The van der Waals surface area contributed by atoms with Crippen LogP contribution in [0.5, 0.6) is 0 Å². The lowest BCUT2D eigenvalue weighted by atomic mass is 10.2. The second-order valence-corrected chi connectivity index (χ2v) is 2.73. The fourth-order valence-electron chi connectivity index (χ4n) is 0.793. The van der Waals surface area contributed by atoms with Gasteiger partial charge < -0.3 is 9.84 Å². The summed E-state index contributed by atoms with van der Waals surface area (Å²) < 4.78 is 4.53. The van der Waals surface area contributed by atoms with Crippen molar-refractivity contribution in [2.75, 3.05) is 6.61 Å². The monoisotopic (exact) mass is 238 g/mol. The van der Waals surface area contributed by atoms with Gasteiger partial charge in [-0.15, -0.1) is 0 Å². The summed E-state index contributed by atoms with van der Waals surface area (Å²) in [4.78, 5) is 27.6. The molecule has 0 aromatic heterocycles. The molecule has 0 heterocycles. The van der Waals surface area contributed by atoms with Crippen LogP contribution >= 0.6 is 0 Å². The van der Waals surface area contributed by atoms with Crippen LogP contribution in [0.25, 0.3) is 0 Å². The SMILES string of the molecule is CCCCCCOC(=O)OOOOC(=O)O. The third-order valence-electron chi connectivity index (χ3n) is 1.45. The molecule has 0 spiro atoms. The fourth-order valence-corrected chi connectivity index (χ4v) is 0.793. The highest BCUT2D eigenvalue weighted by Crippen LogP contribution is 1.99. The predicted octanol–water partition coefficient (Wildman–Crippen LogP) is 2.19. The molecular formula is C8H14O8. The van der Waals surface area contributed by atoms with E-state index in [9.17, 15) is 9.59 Å². The Morgan fingerprint density at radius 1 is 1.06 bits per heavy atom. The van der Waals surface area contributed by atoms with Crippen LogP contribution < -0.4 is 0 Å². The van der Waals surface area contributed by atoms with Crippen LogP contribution in [0.4, 0.5) is 9.59 Å². The summed E-state index contributed by atoms with van der Waals surface area (Å²) in [5.41, 5.74) is 0. The lowest BCUT2D eigenvalue weighted by Crippen LogP contribution is -2.11. The summed E-state index contributed by atoms with van der Waals surface area (Å²) in [6.07, 6.45) is 0.930. The topological polar surface area (TPSA) is 101 Å². The minimum Gasteiger partial charge on any atom is -0.448 e. The first kappa shape index (κ1) is 14.5. The lowest BCUT2D eigenvalue weighted by molar-refractivity contribution is -0.600.